The molecular weight excluding hydrogens is 456 g/mol. The number of aliphatic hydroxyl groups excluding tert-OH is 1. The second-order valence-corrected chi connectivity index (χ2v) is 10.4. The smallest absolute Gasteiger partial charge is 0.180 e. The first kappa shape index (κ1) is 22.3. The van der Waals surface area contributed by atoms with Gasteiger partial charge in [0.2, 0.25) is 0 Å². The van der Waals surface area contributed by atoms with Gasteiger partial charge in [0.25, 0.3) is 0 Å². The van der Waals surface area contributed by atoms with Crippen LogP contribution in [0.5, 0.6) is 0 Å². The lowest BCUT2D eigenvalue weighted by Gasteiger charge is -2.21. The van der Waals surface area contributed by atoms with Crippen LogP contribution in [0.1, 0.15) is 57.3 Å². The van der Waals surface area contributed by atoms with Crippen LogP contribution in [0.2, 0.25) is 5.02 Å². The number of benzene rings is 1. The number of carbonyl (C=O) groups excluding carboxylic acids is 1. The van der Waals surface area contributed by atoms with Crippen LogP contribution in [-0.2, 0) is 6.42 Å². The third-order valence-electron chi connectivity index (χ3n) is 6.96. The molecule has 3 aromatic rings. The van der Waals surface area contributed by atoms with Crippen LogP contribution in [0.25, 0.3) is 5.69 Å². The number of fused-ring (bicyclic) bond motifs is 2. The van der Waals surface area contributed by atoms with Crippen LogP contribution >= 0.6 is 22.9 Å². The normalized spacial score (nSPS) is 22.1. The molecule has 2 saturated heterocycles. The Hall–Kier alpha value is -2.50. The molecule has 1 aromatic carbocycles. The zero-order chi connectivity index (χ0) is 23.3. The first-order chi connectivity index (χ1) is 15.9. The van der Waals surface area contributed by atoms with Crippen LogP contribution in [0, 0.1) is 25.2 Å². The summed E-state index contributed by atoms with van der Waals surface area (Å²) in [6.45, 7) is 4.15. The highest BCUT2D eigenvalue weighted by molar-refractivity contribution is 7.09. The molecule has 0 saturated carbocycles. The maximum Gasteiger partial charge on any atom is 0.180 e. The van der Waals surface area contributed by atoms with E-state index in [4.69, 9.17) is 11.6 Å². The summed E-state index contributed by atoms with van der Waals surface area (Å²) in [5.41, 5.74) is 4.47. The summed E-state index contributed by atoms with van der Waals surface area (Å²) >= 11 is 8.50. The monoisotopic (exact) mass is 480 g/mol. The summed E-state index contributed by atoms with van der Waals surface area (Å²) in [6.07, 6.45) is 2.87. The lowest BCUT2D eigenvalue weighted by atomic mass is 9.98. The van der Waals surface area contributed by atoms with Crippen molar-refractivity contribution in [2.45, 2.75) is 57.7 Å². The van der Waals surface area contributed by atoms with Gasteiger partial charge in [0, 0.05) is 41.0 Å². The Kier molecular flexibility index (Phi) is 5.87. The quantitative estimate of drug-likeness (QED) is 0.527. The van der Waals surface area contributed by atoms with Crippen LogP contribution in [0.4, 0.5) is 0 Å². The van der Waals surface area contributed by atoms with Gasteiger partial charge in [-0.05, 0) is 57.4 Å². The van der Waals surface area contributed by atoms with Gasteiger partial charge in [-0.1, -0.05) is 11.6 Å². The molecule has 170 valence electrons. The molecule has 8 heteroatoms. The number of aromatic nitrogens is 2. The van der Waals surface area contributed by atoms with Crippen LogP contribution in [0.15, 0.2) is 29.6 Å². The molecular formula is C25H25ClN4O2S. The number of aliphatic hydroxyl groups is 1. The highest BCUT2D eigenvalue weighted by atomic mass is 35.5. The fraction of sp³-hybridized carbons (Fsp3) is 0.400. The number of aryl methyl sites for hydroxylation is 1. The van der Waals surface area contributed by atoms with Crippen molar-refractivity contribution in [2.24, 2.45) is 0 Å². The van der Waals surface area contributed by atoms with Crippen molar-refractivity contribution in [3.8, 4) is 11.8 Å². The minimum absolute atomic E-state index is 0.0217. The Balaban J connectivity index is 1.55. The Morgan fingerprint density at radius 2 is 2.06 bits per heavy atom. The zero-order valence-corrected chi connectivity index (χ0v) is 20.2. The van der Waals surface area contributed by atoms with Gasteiger partial charge in [-0.3, -0.25) is 9.69 Å². The molecule has 5 rings (SSSR count). The van der Waals surface area contributed by atoms with E-state index in [9.17, 15) is 15.2 Å². The number of nitrogens with zero attached hydrogens (tertiary/aromatic N) is 4. The molecule has 0 spiro atoms. The molecule has 2 aliphatic rings. The summed E-state index contributed by atoms with van der Waals surface area (Å²) in [7, 11) is 0. The minimum atomic E-state index is -0.347. The standard InChI is InChI=1S/C25H25ClN4O2S/c1-14-24(23(32)12-29-19-7-8-20(29)22(31)10-19)25(26)21(9-17-13-33-15(2)28-17)30(14)18-5-3-16(11-27)4-6-18/h3-6,13,19-20,22,31H,7-10,12H2,1-2H3/t19?,20?,22-/m0/s1. The van der Waals surface area contributed by atoms with Crippen molar-refractivity contribution < 1.29 is 9.90 Å². The van der Waals surface area contributed by atoms with E-state index in [1.165, 1.54) is 0 Å². The van der Waals surface area contributed by atoms with E-state index in [-0.39, 0.29) is 30.5 Å². The number of carbonyl (C=O) groups is 1. The second kappa shape index (κ2) is 8.69. The highest BCUT2D eigenvalue weighted by Gasteiger charge is 2.46. The van der Waals surface area contributed by atoms with E-state index in [2.05, 4.69) is 16.0 Å². The number of halogens is 1. The highest BCUT2D eigenvalue weighted by Crippen LogP contribution is 2.39. The maximum absolute atomic E-state index is 13.5. The van der Waals surface area contributed by atoms with Crippen LogP contribution in [-0.4, -0.2) is 50.1 Å². The molecule has 0 amide bonds. The number of thiazole rings is 1. The summed E-state index contributed by atoms with van der Waals surface area (Å²) in [4.78, 5) is 20.3. The molecule has 2 fully saturated rings. The van der Waals surface area contributed by atoms with E-state index >= 15 is 0 Å². The van der Waals surface area contributed by atoms with Crippen molar-refractivity contribution in [1.29, 1.82) is 5.26 Å². The number of rotatable bonds is 6. The van der Waals surface area contributed by atoms with Crippen molar-refractivity contribution in [3.63, 3.8) is 0 Å². The average molecular weight is 481 g/mol. The first-order valence-corrected chi connectivity index (χ1v) is 12.4. The van der Waals surface area contributed by atoms with Crippen LogP contribution < -0.4 is 0 Å². The predicted molar refractivity (Wildman–Crippen MR) is 128 cm³/mol. The molecule has 2 aliphatic heterocycles. The number of nitriles is 1. The summed E-state index contributed by atoms with van der Waals surface area (Å²) < 4.78 is 2.01. The summed E-state index contributed by atoms with van der Waals surface area (Å²) in [5, 5.41) is 22.9. The van der Waals surface area contributed by atoms with Gasteiger partial charge >= 0.3 is 0 Å². The molecule has 1 N–H and O–H groups in total. The summed E-state index contributed by atoms with van der Waals surface area (Å²) in [5.74, 6) is -0.0217. The van der Waals surface area contributed by atoms with Crippen LogP contribution in [0.3, 0.4) is 0 Å². The predicted octanol–water partition coefficient (Wildman–Crippen LogP) is 4.45. The van der Waals surface area contributed by atoms with E-state index in [1.807, 2.05) is 35.9 Å². The molecule has 33 heavy (non-hydrogen) atoms. The topological polar surface area (TPSA) is 82.2 Å². The van der Waals surface area contributed by atoms with E-state index in [1.54, 1.807) is 23.5 Å². The first-order valence-electron chi connectivity index (χ1n) is 11.2. The Bertz CT molecular complexity index is 1260. The van der Waals surface area contributed by atoms with E-state index in [0.29, 0.717) is 22.6 Å². The van der Waals surface area contributed by atoms with Gasteiger partial charge in [-0.25, -0.2) is 4.98 Å². The third kappa shape index (κ3) is 3.91. The number of hydrogen-bond acceptors (Lipinski definition) is 6. The molecule has 2 unspecified atom stereocenters. The second-order valence-electron chi connectivity index (χ2n) is 8.95. The Morgan fingerprint density at radius 3 is 2.64 bits per heavy atom. The SMILES string of the molecule is Cc1nc(Cc2c(Cl)c(C(=O)CN3C4CCC3[C@@H](O)C4)c(C)n2-c2ccc(C#N)cc2)cs1. The van der Waals surface area contributed by atoms with Gasteiger partial charge in [-0.2, -0.15) is 5.26 Å². The Labute approximate surface area is 202 Å². The fourth-order valence-corrected chi connectivity index (χ4v) is 6.46. The van der Waals surface area contributed by atoms with Crippen molar-refractivity contribution in [3.05, 3.63) is 67.9 Å². The van der Waals surface area contributed by atoms with E-state index in [0.717, 1.165) is 47.0 Å². The molecule has 0 aliphatic carbocycles. The Morgan fingerprint density at radius 1 is 1.30 bits per heavy atom. The fourth-order valence-electron chi connectivity index (χ4n) is 5.45. The van der Waals surface area contributed by atoms with Crippen molar-refractivity contribution >= 4 is 28.7 Å². The average Bonchev–Trinajstić information content (AvgIpc) is 3.52. The molecule has 2 aromatic heterocycles. The maximum atomic E-state index is 13.5. The number of ketones is 1. The van der Waals surface area contributed by atoms with E-state index < -0.39 is 0 Å². The molecule has 4 heterocycles. The largest absolute Gasteiger partial charge is 0.391 e. The zero-order valence-electron chi connectivity index (χ0n) is 18.6. The van der Waals surface area contributed by atoms with Gasteiger partial charge in [-0.15, -0.1) is 11.3 Å². The van der Waals surface area contributed by atoms with Gasteiger partial charge in [0.05, 0.1) is 45.6 Å². The molecule has 0 radical (unpaired) electrons. The van der Waals surface area contributed by atoms with Gasteiger partial charge in [0.15, 0.2) is 5.78 Å². The number of Topliss-reactive ketones (excluding diaryl/α,β-unsaturated/α-hetero) is 1. The lowest BCUT2D eigenvalue weighted by molar-refractivity contribution is 0.0873. The van der Waals surface area contributed by atoms with Gasteiger partial charge in [0.1, 0.15) is 0 Å². The van der Waals surface area contributed by atoms with Crippen molar-refractivity contribution in [2.75, 3.05) is 6.54 Å². The third-order valence-corrected chi connectivity index (χ3v) is 8.19. The lowest BCUT2D eigenvalue weighted by Crippen LogP contribution is -2.36. The summed E-state index contributed by atoms with van der Waals surface area (Å²) in [6, 6.07) is 9.77. The minimum Gasteiger partial charge on any atom is -0.391 e. The molecule has 3 atom stereocenters. The number of hydrogen-bond donors (Lipinski definition) is 1. The van der Waals surface area contributed by atoms with Crippen molar-refractivity contribution in [1.82, 2.24) is 14.5 Å². The molecule has 6 nitrogen and oxygen atoms in total. The molecule has 2 bridgehead atoms. The van der Waals surface area contributed by atoms with Gasteiger partial charge < -0.3 is 9.67 Å².